The second-order valence-electron chi connectivity index (χ2n) is 5.86. The Morgan fingerprint density at radius 3 is 3.14 bits per heavy atom. The first-order valence-corrected chi connectivity index (χ1v) is 7.59. The van der Waals surface area contributed by atoms with Gasteiger partial charge in [-0.1, -0.05) is 26.0 Å². The maximum atomic E-state index is 5.99. The number of aryl methyl sites for hydroxylation is 1. The van der Waals surface area contributed by atoms with Crippen LogP contribution in [0.2, 0.25) is 0 Å². The van der Waals surface area contributed by atoms with Gasteiger partial charge in [0.15, 0.2) is 5.82 Å². The van der Waals surface area contributed by atoms with Gasteiger partial charge in [0, 0.05) is 13.1 Å². The molecule has 0 bridgehead atoms. The first kappa shape index (κ1) is 13.9. The molecule has 0 spiro atoms. The molecule has 0 radical (unpaired) electrons. The third kappa shape index (κ3) is 3.17. The number of rotatable bonds is 5. The van der Waals surface area contributed by atoms with Crippen LogP contribution in [0.5, 0.6) is 5.75 Å². The van der Waals surface area contributed by atoms with E-state index in [0.717, 1.165) is 36.8 Å². The molecule has 3 rings (SSSR count). The molecule has 5 heteroatoms. The quantitative estimate of drug-likeness (QED) is 0.918. The van der Waals surface area contributed by atoms with E-state index in [1.807, 2.05) is 10.7 Å². The molecule has 21 heavy (non-hydrogen) atoms. The minimum absolute atomic E-state index is 0.449. The van der Waals surface area contributed by atoms with Gasteiger partial charge in [-0.05, 0) is 30.4 Å². The summed E-state index contributed by atoms with van der Waals surface area (Å²) in [6.45, 7) is 6.67. The molecule has 1 aliphatic heterocycles. The minimum atomic E-state index is 0.449. The smallest absolute Gasteiger partial charge is 0.164 e. The van der Waals surface area contributed by atoms with Crippen LogP contribution >= 0.6 is 0 Å². The van der Waals surface area contributed by atoms with Crippen LogP contribution in [0.25, 0.3) is 0 Å². The van der Waals surface area contributed by atoms with Crippen LogP contribution in [0, 0.1) is 5.92 Å². The van der Waals surface area contributed by atoms with E-state index in [2.05, 4.69) is 41.4 Å². The van der Waals surface area contributed by atoms with E-state index in [9.17, 15) is 0 Å². The predicted molar refractivity (Wildman–Crippen MR) is 82.4 cm³/mol. The fourth-order valence-corrected chi connectivity index (χ4v) is 2.64. The van der Waals surface area contributed by atoms with Gasteiger partial charge in [-0.15, -0.1) is 0 Å². The summed E-state index contributed by atoms with van der Waals surface area (Å²) in [6.07, 6.45) is 3.89. The van der Waals surface area contributed by atoms with Crippen molar-refractivity contribution in [2.75, 3.05) is 11.9 Å². The molecule has 1 aromatic heterocycles. The van der Waals surface area contributed by atoms with Gasteiger partial charge in [-0.2, -0.15) is 5.10 Å². The molecule has 0 saturated heterocycles. The number of nitrogens with zero attached hydrogens (tertiary/aromatic N) is 3. The first-order valence-electron chi connectivity index (χ1n) is 7.59. The van der Waals surface area contributed by atoms with Gasteiger partial charge in [0.1, 0.15) is 18.7 Å². The summed E-state index contributed by atoms with van der Waals surface area (Å²) >= 11 is 0. The number of aromatic nitrogens is 3. The fourth-order valence-electron chi connectivity index (χ4n) is 2.64. The molecule has 0 saturated carbocycles. The summed E-state index contributed by atoms with van der Waals surface area (Å²) in [6, 6.07) is 6.23. The zero-order valence-corrected chi connectivity index (χ0v) is 12.7. The monoisotopic (exact) mass is 286 g/mol. The largest absolute Gasteiger partial charge is 0.483 e. The Kier molecular flexibility index (Phi) is 4.08. The zero-order chi connectivity index (χ0) is 14.7. The van der Waals surface area contributed by atoms with Gasteiger partial charge >= 0.3 is 0 Å². The first-order chi connectivity index (χ1) is 10.2. The summed E-state index contributed by atoms with van der Waals surface area (Å²) in [5, 5.41) is 7.71. The highest BCUT2D eigenvalue weighted by Crippen LogP contribution is 2.32. The maximum Gasteiger partial charge on any atom is 0.164 e. The Morgan fingerprint density at radius 1 is 1.38 bits per heavy atom. The number of hydrogen-bond donors (Lipinski definition) is 1. The van der Waals surface area contributed by atoms with Gasteiger partial charge in [-0.3, -0.25) is 0 Å². The van der Waals surface area contributed by atoms with E-state index in [1.165, 1.54) is 12.0 Å². The van der Waals surface area contributed by atoms with E-state index in [4.69, 9.17) is 4.74 Å². The Morgan fingerprint density at radius 2 is 2.29 bits per heavy atom. The summed E-state index contributed by atoms with van der Waals surface area (Å²) in [7, 11) is 0. The molecule has 1 aromatic carbocycles. The molecule has 2 aromatic rings. The lowest BCUT2D eigenvalue weighted by Gasteiger charge is -2.21. The fraction of sp³-hybridized carbons (Fsp3) is 0.500. The van der Waals surface area contributed by atoms with E-state index >= 15 is 0 Å². The van der Waals surface area contributed by atoms with Crippen LogP contribution in [0.15, 0.2) is 24.5 Å². The van der Waals surface area contributed by atoms with Crippen LogP contribution in [-0.2, 0) is 19.6 Å². The van der Waals surface area contributed by atoms with E-state index in [1.54, 1.807) is 6.33 Å². The van der Waals surface area contributed by atoms with Gasteiger partial charge in [0.2, 0.25) is 0 Å². The number of ether oxygens (including phenoxy) is 1. The molecular formula is C16H22N4O. The Balaban J connectivity index is 1.72. The third-order valence-electron chi connectivity index (χ3n) is 3.63. The summed E-state index contributed by atoms with van der Waals surface area (Å²) in [5.41, 5.74) is 2.47. The molecule has 5 nitrogen and oxygen atoms in total. The highest BCUT2D eigenvalue weighted by Gasteiger charge is 2.14. The number of fused-ring (bicyclic) bond motifs is 1. The molecular weight excluding hydrogens is 264 g/mol. The van der Waals surface area contributed by atoms with Crippen molar-refractivity contribution >= 4 is 5.69 Å². The molecule has 0 amide bonds. The number of para-hydroxylation sites is 1. The third-order valence-corrected chi connectivity index (χ3v) is 3.63. The molecule has 0 aliphatic carbocycles. The van der Waals surface area contributed by atoms with Crippen molar-refractivity contribution < 1.29 is 4.74 Å². The van der Waals surface area contributed by atoms with Gasteiger partial charge < -0.3 is 10.1 Å². The van der Waals surface area contributed by atoms with Crippen LogP contribution in [0.4, 0.5) is 5.69 Å². The van der Waals surface area contributed by atoms with Crippen molar-refractivity contribution in [2.45, 2.75) is 39.8 Å². The van der Waals surface area contributed by atoms with Crippen LogP contribution in [0.1, 0.15) is 31.7 Å². The lowest BCUT2D eigenvalue weighted by atomic mass is 10.0. The van der Waals surface area contributed by atoms with Crippen LogP contribution in [-0.4, -0.2) is 21.3 Å². The average molecular weight is 286 g/mol. The number of hydrogen-bond acceptors (Lipinski definition) is 4. The summed E-state index contributed by atoms with van der Waals surface area (Å²) < 4.78 is 7.91. The predicted octanol–water partition coefficient (Wildman–Crippen LogP) is 2.87. The van der Waals surface area contributed by atoms with Crippen molar-refractivity contribution in [3.05, 3.63) is 35.9 Å². The van der Waals surface area contributed by atoms with Crippen LogP contribution in [0.3, 0.4) is 0 Å². The van der Waals surface area contributed by atoms with Crippen molar-refractivity contribution in [2.24, 2.45) is 5.92 Å². The molecule has 1 N–H and O–H groups in total. The molecule has 0 unspecified atom stereocenters. The topological polar surface area (TPSA) is 52.0 Å². The number of anilines is 1. The Hall–Kier alpha value is -2.04. The Labute approximate surface area is 125 Å². The van der Waals surface area contributed by atoms with Gasteiger partial charge in [-0.25, -0.2) is 9.67 Å². The molecule has 0 atom stereocenters. The summed E-state index contributed by atoms with van der Waals surface area (Å²) in [5.74, 6) is 2.32. The van der Waals surface area contributed by atoms with Gasteiger partial charge in [0.05, 0.1) is 5.69 Å². The maximum absolute atomic E-state index is 5.99. The minimum Gasteiger partial charge on any atom is -0.483 e. The number of benzene rings is 1. The normalized spacial score (nSPS) is 13.9. The van der Waals surface area contributed by atoms with Gasteiger partial charge in [0.25, 0.3) is 0 Å². The lowest BCUT2D eigenvalue weighted by Crippen LogP contribution is -2.15. The summed E-state index contributed by atoms with van der Waals surface area (Å²) in [4.78, 5) is 4.30. The Bertz CT molecular complexity index is 606. The zero-order valence-electron chi connectivity index (χ0n) is 12.7. The molecule has 2 heterocycles. The molecule has 112 valence electrons. The average Bonchev–Trinajstić information content (AvgIpc) is 2.91. The number of nitrogens with one attached hydrogen (secondary N) is 1. The van der Waals surface area contributed by atoms with E-state index in [0.29, 0.717) is 12.5 Å². The highest BCUT2D eigenvalue weighted by atomic mass is 16.5. The molecule has 1 aliphatic rings. The van der Waals surface area contributed by atoms with E-state index < -0.39 is 0 Å². The lowest BCUT2D eigenvalue weighted by molar-refractivity contribution is 0.283. The van der Waals surface area contributed by atoms with Crippen molar-refractivity contribution in [1.82, 2.24) is 14.8 Å². The van der Waals surface area contributed by atoms with E-state index in [-0.39, 0.29) is 0 Å². The van der Waals surface area contributed by atoms with Crippen molar-refractivity contribution in [3.63, 3.8) is 0 Å². The highest BCUT2D eigenvalue weighted by molar-refractivity contribution is 5.63. The second kappa shape index (κ2) is 6.16. The van der Waals surface area contributed by atoms with Crippen molar-refractivity contribution in [3.8, 4) is 5.75 Å². The SMILES string of the molecule is CC(C)Cn1ncnc1COc1cccc2c1NCCC2. The van der Waals surface area contributed by atoms with Crippen LogP contribution < -0.4 is 10.1 Å². The standard InChI is InChI=1S/C16H22N4O/c1-12(2)9-20-15(18-11-19-20)10-21-14-7-3-5-13-6-4-8-17-16(13)14/h3,5,7,11-12,17H,4,6,8-10H2,1-2H3. The molecule has 0 fully saturated rings. The van der Waals surface area contributed by atoms with Crippen molar-refractivity contribution in [1.29, 1.82) is 0 Å². The second-order valence-corrected chi connectivity index (χ2v) is 5.86.